The Morgan fingerprint density at radius 3 is 2.32 bits per heavy atom. The number of anilines is 1. The molecule has 0 atom stereocenters. The lowest BCUT2D eigenvalue weighted by Gasteiger charge is -2.36. The van der Waals surface area contributed by atoms with E-state index in [0.717, 1.165) is 69.8 Å². The van der Waals surface area contributed by atoms with Crippen molar-refractivity contribution in [2.75, 3.05) is 37.6 Å². The molecule has 1 aliphatic heterocycles. The third-order valence-corrected chi connectivity index (χ3v) is 6.63. The molecule has 0 saturated carbocycles. The van der Waals surface area contributed by atoms with Gasteiger partial charge in [0.1, 0.15) is 0 Å². The molecule has 164 valence electrons. The van der Waals surface area contributed by atoms with Crippen LogP contribution in [-0.4, -0.2) is 47.4 Å². The van der Waals surface area contributed by atoms with Crippen LogP contribution in [-0.2, 0) is 12.8 Å². The highest BCUT2D eigenvalue weighted by molar-refractivity contribution is 6.42. The predicted octanol–water partition coefficient (Wildman–Crippen LogP) is 5.89. The molecule has 0 aliphatic carbocycles. The van der Waals surface area contributed by atoms with E-state index in [2.05, 4.69) is 63.9 Å². The first-order chi connectivity index (χ1) is 15.1. The number of aromatic nitrogens is 2. The number of nitrogens with zero attached hydrogens (tertiary/aromatic N) is 4. The van der Waals surface area contributed by atoms with E-state index in [9.17, 15) is 0 Å². The molecule has 1 aliphatic rings. The molecule has 0 bridgehead atoms. The molecule has 4 nitrogen and oxygen atoms in total. The highest BCUT2D eigenvalue weighted by atomic mass is 35.5. The van der Waals surface area contributed by atoms with Crippen LogP contribution >= 0.6 is 23.2 Å². The monoisotopic (exact) mass is 456 g/mol. The predicted molar refractivity (Wildman–Crippen MR) is 131 cm³/mol. The van der Waals surface area contributed by atoms with Gasteiger partial charge in [-0.25, -0.2) is 4.68 Å². The van der Waals surface area contributed by atoms with Gasteiger partial charge in [0, 0.05) is 37.6 Å². The lowest BCUT2D eigenvalue weighted by molar-refractivity contribution is 0.255. The minimum Gasteiger partial charge on any atom is -0.369 e. The summed E-state index contributed by atoms with van der Waals surface area (Å²) in [5, 5.41) is 6.15. The zero-order valence-electron chi connectivity index (χ0n) is 18.1. The number of para-hydroxylation sites is 1. The summed E-state index contributed by atoms with van der Waals surface area (Å²) in [7, 11) is 0. The number of aryl methyl sites for hydroxylation is 2. The highest BCUT2D eigenvalue weighted by Gasteiger charge is 2.18. The fourth-order valence-corrected chi connectivity index (χ4v) is 4.51. The van der Waals surface area contributed by atoms with Crippen molar-refractivity contribution in [2.45, 2.75) is 32.6 Å². The van der Waals surface area contributed by atoms with Crippen molar-refractivity contribution in [2.24, 2.45) is 0 Å². The summed E-state index contributed by atoms with van der Waals surface area (Å²) in [6.07, 6.45) is 4.33. The molecular formula is C25H30Cl2N4. The highest BCUT2D eigenvalue weighted by Crippen LogP contribution is 2.27. The molecule has 0 radical (unpaired) electrons. The third kappa shape index (κ3) is 5.62. The first-order valence-corrected chi connectivity index (χ1v) is 11.9. The van der Waals surface area contributed by atoms with Crippen molar-refractivity contribution >= 4 is 28.9 Å². The molecule has 0 unspecified atom stereocenters. The van der Waals surface area contributed by atoms with Gasteiger partial charge in [-0.2, -0.15) is 5.10 Å². The van der Waals surface area contributed by atoms with Crippen LogP contribution in [0.25, 0.3) is 5.69 Å². The normalized spacial score (nSPS) is 14.9. The van der Waals surface area contributed by atoms with Crippen LogP contribution in [0, 0.1) is 0 Å². The molecule has 2 aromatic carbocycles. The average molecular weight is 457 g/mol. The number of hydrogen-bond acceptors (Lipinski definition) is 3. The zero-order valence-corrected chi connectivity index (χ0v) is 19.6. The molecule has 31 heavy (non-hydrogen) atoms. The van der Waals surface area contributed by atoms with Gasteiger partial charge >= 0.3 is 0 Å². The lowest BCUT2D eigenvalue weighted by Crippen LogP contribution is -2.46. The van der Waals surface area contributed by atoms with Crippen molar-refractivity contribution < 1.29 is 0 Å². The molecule has 3 aromatic rings. The minimum atomic E-state index is 0.612. The SMILES string of the molecule is CCCc1cc(CCCN2CCN(c3ccc(Cl)c(Cl)c3)CC2)nn1-c1ccccc1. The first-order valence-electron chi connectivity index (χ1n) is 11.2. The van der Waals surface area contributed by atoms with E-state index in [4.69, 9.17) is 28.3 Å². The molecule has 0 N–H and O–H groups in total. The molecule has 6 heteroatoms. The van der Waals surface area contributed by atoms with E-state index in [1.54, 1.807) is 0 Å². The number of piperazine rings is 1. The fourth-order valence-electron chi connectivity index (χ4n) is 4.22. The van der Waals surface area contributed by atoms with Crippen molar-refractivity contribution in [3.8, 4) is 5.69 Å². The molecule has 0 spiro atoms. The summed E-state index contributed by atoms with van der Waals surface area (Å²) in [5.41, 5.74) is 4.81. The zero-order chi connectivity index (χ0) is 21.6. The molecular weight excluding hydrogens is 427 g/mol. The summed E-state index contributed by atoms with van der Waals surface area (Å²) < 4.78 is 2.12. The Bertz CT molecular complexity index is 978. The minimum absolute atomic E-state index is 0.612. The first kappa shape index (κ1) is 22.2. The molecule has 0 amide bonds. The van der Waals surface area contributed by atoms with E-state index in [-0.39, 0.29) is 0 Å². The van der Waals surface area contributed by atoms with E-state index in [1.165, 1.54) is 11.4 Å². The fraction of sp³-hybridized carbons (Fsp3) is 0.400. The summed E-state index contributed by atoms with van der Waals surface area (Å²) >= 11 is 12.2. The van der Waals surface area contributed by atoms with Crippen LogP contribution in [0.5, 0.6) is 0 Å². The maximum Gasteiger partial charge on any atom is 0.0648 e. The molecule has 4 rings (SSSR count). The third-order valence-electron chi connectivity index (χ3n) is 5.89. The van der Waals surface area contributed by atoms with Crippen LogP contribution in [0.1, 0.15) is 31.2 Å². The van der Waals surface area contributed by atoms with Gasteiger partial charge in [-0.15, -0.1) is 0 Å². The Kier molecular flexibility index (Phi) is 7.54. The second kappa shape index (κ2) is 10.5. The van der Waals surface area contributed by atoms with E-state index >= 15 is 0 Å². The second-order valence-corrected chi connectivity index (χ2v) is 8.97. The number of rotatable bonds is 8. The Morgan fingerprint density at radius 2 is 1.61 bits per heavy atom. The van der Waals surface area contributed by atoms with Crippen LogP contribution in [0.3, 0.4) is 0 Å². The number of hydrogen-bond donors (Lipinski definition) is 0. The van der Waals surface area contributed by atoms with Gasteiger partial charge in [0.25, 0.3) is 0 Å². The smallest absolute Gasteiger partial charge is 0.0648 e. The van der Waals surface area contributed by atoms with E-state index in [1.807, 2.05) is 12.1 Å². The van der Waals surface area contributed by atoms with E-state index < -0.39 is 0 Å². The van der Waals surface area contributed by atoms with Gasteiger partial charge in [0.15, 0.2) is 0 Å². The summed E-state index contributed by atoms with van der Waals surface area (Å²) in [5.74, 6) is 0. The standard InChI is InChI=1S/C25H30Cl2N4/c1-2-7-23-18-20(28-31(23)21-9-4-3-5-10-21)8-6-13-29-14-16-30(17-15-29)22-11-12-24(26)25(27)19-22/h3-5,9-12,18-19H,2,6-8,13-17H2,1H3. The van der Waals surface area contributed by atoms with Gasteiger partial charge in [0.2, 0.25) is 0 Å². The van der Waals surface area contributed by atoms with Gasteiger partial charge in [-0.3, -0.25) is 4.90 Å². The molecule has 1 saturated heterocycles. The van der Waals surface area contributed by atoms with Crippen molar-refractivity contribution in [1.82, 2.24) is 14.7 Å². The summed E-state index contributed by atoms with van der Waals surface area (Å²) in [4.78, 5) is 4.94. The Balaban J connectivity index is 1.29. The number of halogens is 2. The Morgan fingerprint density at radius 1 is 0.839 bits per heavy atom. The molecule has 1 fully saturated rings. The second-order valence-electron chi connectivity index (χ2n) is 8.16. The lowest BCUT2D eigenvalue weighted by atomic mass is 10.1. The summed E-state index contributed by atoms with van der Waals surface area (Å²) in [6, 6.07) is 18.7. The van der Waals surface area contributed by atoms with Gasteiger partial charge < -0.3 is 4.90 Å². The Labute approximate surface area is 195 Å². The van der Waals surface area contributed by atoms with Crippen molar-refractivity contribution in [3.63, 3.8) is 0 Å². The summed E-state index contributed by atoms with van der Waals surface area (Å²) in [6.45, 7) is 7.50. The van der Waals surface area contributed by atoms with Crippen LogP contribution < -0.4 is 4.90 Å². The van der Waals surface area contributed by atoms with Crippen LogP contribution in [0.4, 0.5) is 5.69 Å². The van der Waals surface area contributed by atoms with Crippen molar-refractivity contribution in [3.05, 3.63) is 76.0 Å². The van der Waals surface area contributed by atoms with Crippen LogP contribution in [0.15, 0.2) is 54.6 Å². The van der Waals surface area contributed by atoms with Crippen LogP contribution in [0.2, 0.25) is 10.0 Å². The topological polar surface area (TPSA) is 24.3 Å². The maximum atomic E-state index is 6.18. The quantitative estimate of drug-likeness (QED) is 0.422. The largest absolute Gasteiger partial charge is 0.369 e. The molecule has 2 heterocycles. The van der Waals surface area contributed by atoms with E-state index in [0.29, 0.717) is 10.0 Å². The van der Waals surface area contributed by atoms with Gasteiger partial charge in [-0.05, 0) is 62.2 Å². The average Bonchev–Trinajstić information content (AvgIpc) is 3.20. The van der Waals surface area contributed by atoms with Crippen molar-refractivity contribution in [1.29, 1.82) is 0 Å². The number of benzene rings is 2. The Hall–Kier alpha value is -2.01. The van der Waals surface area contributed by atoms with Gasteiger partial charge in [-0.1, -0.05) is 54.7 Å². The molecule has 1 aromatic heterocycles. The van der Waals surface area contributed by atoms with Gasteiger partial charge in [0.05, 0.1) is 21.4 Å². The maximum absolute atomic E-state index is 6.18.